The van der Waals surface area contributed by atoms with Gasteiger partial charge in [-0.2, -0.15) is 5.10 Å². The van der Waals surface area contributed by atoms with Crippen molar-refractivity contribution in [3.05, 3.63) is 60.0 Å². The Balaban J connectivity index is 1.79. The second-order valence-corrected chi connectivity index (χ2v) is 6.62. The van der Waals surface area contributed by atoms with Crippen molar-refractivity contribution in [3.63, 3.8) is 0 Å². The zero-order valence-corrected chi connectivity index (χ0v) is 17.3. The Labute approximate surface area is 178 Å². The summed E-state index contributed by atoms with van der Waals surface area (Å²) in [6.07, 6.45) is 1.48. The quantitative estimate of drug-likeness (QED) is 0.396. The van der Waals surface area contributed by atoms with Gasteiger partial charge in [-0.15, -0.1) is 0 Å². The van der Waals surface area contributed by atoms with Gasteiger partial charge in [0.25, 0.3) is 5.91 Å². The van der Waals surface area contributed by atoms with Crippen LogP contribution < -0.4 is 15.4 Å². The van der Waals surface area contributed by atoms with Gasteiger partial charge in [0, 0.05) is 31.0 Å². The highest BCUT2D eigenvalue weighted by atomic mass is 19.1. The van der Waals surface area contributed by atoms with Gasteiger partial charge in [-0.1, -0.05) is 0 Å². The van der Waals surface area contributed by atoms with Crippen LogP contribution in [0.25, 0.3) is 11.3 Å². The lowest BCUT2D eigenvalue weighted by molar-refractivity contribution is 0.0976. The molecule has 3 aromatic rings. The molecular weight excluding hydrogens is 403 g/mol. The molecule has 10 heteroatoms. The number of benzene rings is 1. The highest BCUT2D eigenvalue weighted by molar-refractivity contribution is 6.09. The summed E-state index contributed by atoms with van der Waals surface area (Å²) in [5, 5.41) is 12.8. The normalized spacial score (nSPS) is 12.3. The fourth-order valence-corrected chi connectivity index (χ4v) is 2.72. The van der Waals surface area contributed by atoms with Gasteiger partial charge in [-0.05, 0) is 42.8 Å². The molecule has 0 saturated carbocycles. The Morgan fingerprint density at radius 3 is 2.71 bits per heavy atom. The molecule has 0 spiro atoms. The van der Waals surface area contributed by atoms with Crippen molar-refractivity contribution < 1.29 is 18.7 Å². The fourth-order valence-electron chi connectivity index (χ4n) is 2.72. The van der Waals surface area contributed by atoms with Crippen LogP contribution in [0.15, 0.2) is 53.7 Å². The number of hydrogen-bond donors (Lipinski definition) is 3. The van der Waals surface area contributed by atoms with Crippen molar-refractivity contribution in [3.8, 4) is 17.1 Å². The minimum Gasteiger partial charge on any atom is -0.481 e. The predicted molar refractivity (Wildman–Crippen MR) is 115 cm³/mol. The molecule has 1 amide bonds. The number of carbonyl (C=O) groups is 1. The Hall–Kier alpha value is -3.79. The zero-order valence-electron chi connectivity index (χ0n) is 17.3. The van der Waals surface area contributed by atoms with Crippen LogP contribution in [0.2, 0.25) is 0 Å². The molecule has 0 bridgehead atoms. The van der Waals surface area contributed by atoms with Crippen molar-refractivity contribution in [2.75, 3.05) is 26.1 Å². The summed E-state index contributed by atoms with van der Waals surface area (Å²) in [5.74, 6) is 0.227. The van der Waals surface area contributed by atoms with Gasteiger partial charge in [0.05, 0.1) is 25.5 Å². The molecule has 0 unspecified atom stereocenters. The van der Waals surface area contributed by atoms with Crippen LogP contribution in [0.4, 0.5) is 10.2 Å². The van der Waals surface area contributed by atoms with E-state index in [0.717, 1.165) is 5.56 Å². The maximum atomic E-state index is 13.2. The van der Waals surface area contributed by atoms with Crippen molar-refractivity contribution in [1.29, 1.82) is 0 Å². The number of aliphatic imine (C=N–C) groups is 1. The average Bonchev–Trinajstić information content (AvgIpc) is 3.22. The summed E-state index contributed by atoms with van der Waals surface area (Å²) >= 11 is 0. The molecule has 2 aromatic heterocycles. The van der Waals surface area contributed by atoms with Gasteiger partial charge in [0.15, 0.2) is 5.82 Å². The number of hydrogen-bond acceptors (Lipinski definition) is 6. The molecule has 0 aliphatic rings. The average molecular weight is 426 g/mol. The molecule has 0 radical (unpaired) electrons. The topological polar surface area (TPSA) is 114 Å². The number of nitrogens with zero attached hydrogens (tertiary/aromatic N) is 3. The molecule has 0 aliphatic heterocycles. The van der Waals surface area contributed by atoms with Crippen LogP contribution in [0.3, 0.4) is 0 Å². The smallest absolute Gasteiger partial charge is 0.258 e. The fraction of sp³-hybridized carbons (Fsp3) is 0.238. The van der Waals surface area contributed by atoms with Crippen molar-refractivity contribution in [2.24, 2.45) is 4.99 Å². The molecule has 31 heavy (non-hydrogen) atoms. The third kappa shape index (κ3) is 6.09. The zero-order chi connectivity index (χ0) is 22.2. The number of aromatic nitrogens is 3. The van der Waals surface area contributed by atoms with Gasteiger partial charge in [0.2, 0.25) is 11.8 Å². The molecule has 0 aliphatic carbocycles. The standard InChI is InChI=1S/C21H23FN6O3/c1-13(12-30-2)24-21(26-20(29)15-8-9-23-19(10-15)31-3)25-18-11-17(27-28-18)14-4-6-16(22)7-5-14/h4-11,13H,12H2,1-3H3,(H3,24,25,26,27,28,29)/t13-/m0/s1. The Bertz CT molecular complexity index is 1050. The summed E-state index contributed by atoms with van der Waals surface area (Å²) in [5.41, 5.74) is 1.80. The van der Waals surface area contributed by atoms with Gasteiger partial charge >= 0.3 is 0 Å². The van der Waals surface area contributed by atoms with Crippen LogP contribution in [-0.2, 0) is 4.74 Å². The molecule has 1 aromatic carbocycles. The van der Waals surface area contributed by atoms with E-state index in [4.69, 9.17) is 9.47 Å². The van der Waals surface area contributed by atoms with Crippen LogP contribution in [0.1, 0.15) is 17.3 Å². The molecule has 3 rings (SSSR count). The first-order chi connectivity index (χ1) is 15.0. The van der Waals surface area contributed by atoms with E-state index in [0.29, 0.717) is 29.6 Å². The molecule has 162 valence electrons. The molecular formula is C21H23FN6O3. The van der Waals surface area contributed by atoms with Crippen molar-refractivity contribution in [2.45, 2.75) is 13.0 Å². The summed E-state index contributed by atoms with van der Waals surface area (Å²) in [4.78, 5) is 21.2. The van der Waals surface area contributed by atoms with Crippen LogP contribution in [0, 0.1) is 5.82 Å². The number of methoxy groups -OCH3 is 2. The summed E-state index contributed by atoms with van der Waals surface area (Å²) in [6, 6.07) is 10.6. The first-order valence-corrected chi connectivity index (χ1v) is 9.45. The molecule has 0 saturated heterocycles. The molecule has 9 nitrogen and oxygen atoms in total. The predicted octanol–water partition coefficient (Wildman–Crippen LogP) is 2.85. The molecule has 3 N–H and O–H groups in total. The van der Waals surface area contributed by atoms with E-state index in [2.05, 4.69) is 30.8 Å². The van der Waals surface area contributed by atoms with E-state index in [1.54, 1.807) is 31.4 Å². The van der Waals surface area contributed by atoms with Gasteiger partial charge < -0.3 is 14.8 Å². The van der Waals surface area contributed by atoms with Crippen LogP contribution in [-0.4, -0.2) is 53.9 Å². The Kier molecular flexibility index (Phi) is 7.28. The summed E-state index contributed by atoms with van der Waals surface area (Å²) in [7, 11) is 3.05. The van der Waals surface area contributed by atoms with Gasteiger partial charge in [-0.25, -0.2) is 14.4 Å². The number of guanidine groups is 1. The van der Waals surface area contributed by atoms with Crippen molar-refractivity contribution >= 4 is 17.7 Å². The summed E-state index contributed by atoms with van der Waals surface area (Å²) in [6.45, 7) is 2.22. The number of nitrogens with one attached hydrogen (secondary N) is 3. The van der Waals surface area contributed by atoms with E-state index in [9.17, 15) is 9.18 Å². The number of carbonyl (C=O) groups excluding carboxylic acids is 1. The number of halogens is 1. The van der Waals surface area contributed by atoms with E-state index in [1.807, 2.05) is 6.92 Å². The molecule has 2 heterocycles. The number of ether oxygens (including phenoxy) is 2. The third-order valence-corrected chi connectivity index (χ3v) is 4.18. The summed E-state index contributed by atoms with van der Waals surface area (Å²) < 4.78 is 23.3. The highest BCUT2D eigenvalue weighted by Gasteiger charge is 2.14. The lowest BCUT2D eigenvalue weighted by Gasteiger charge is -2.13. The maximum absolute atomic E-state index is 13.2. The first kappa shape index (κ1) is 21.9. The maximum Gasteiger partial charge on any atom is 0.258 e. The Morgan fingerprint density at radius 2 is 2.00 bits per heavy atom. The van der Waals surface area contributed by atoms with Crippen LogP contribution >= 0.6 is 0 Å². The first-order valence-electron chi connectivity index (χ1n) is 9.45. The minimum absolute atomic E-state index is 0.197. The number of aromatic amines is 1. The number of amides is 1. The van der Waals surface area contributed by atoms with Gasteiger partial charge in [-0.3, -0.25) is 15.2 Å². The van der Waals surface area contributed by atoms with Gasteiger partial charge in [0.1, 0.15) is 5.82 Å². The minimum atomic E-state index is -0.397. The lowest BCUT2D eigenvalue weighted by Crippen LogP contribution is -2.37. The number of H-pyrrole nitrogens is 1. The molecule has 0 fully saturated rings. The number of pyridine rings is 1. The molecule has 1 atom stereocenters. The monoisotopic (exact) mass is 426 g/mol. The van der Waals surface area contributed by atoms with E-state index in [1.165, 1.54) is 31.5 Å². The third-order valence-electron chi connectivity index (χ3n) is 4.18. The second kappa shape index (κ2) is 10.3. The Morgan fingerprint density at radius 1 is 1.23 bits per heavy atom. The largest absolute Gasteiger partial charge is 0.481 e. The van der Waals surface area contributed by atoms with E-state index in [-0.39, 0.29) is 17.8 Å². The number of anilines is 1. The SMILES string of the molecule is COC[C@H](C)N=C(NC(=O)c1ccnc(OC)c1)Nc1cc(-c2ccc(F)cc2)[nH]n1. The lowest BCUT2D eigenvalue weighted by atomic mass is 10.1. The number of rotatable bonds is 7. The second-order valence-electron chi connectivity index (χ2n) is 6.62. The van der Waals surface area contributed by atoms with E-state index >= 15 is 0 Å². The highest BCUT2D eigenvalue weighted by Crippen LogP contribution is 2.20. The van der Waals surface area contributed by atoms with Crippen LogP contribution in [0.5, 0.6) is 5.88 Å². The van der Waals surface area contributed by atoms with Crippen molar-refractivity contribution in [1.82, 2.24) is 20.5 Å². The van der Waals surface area contributed by atoms with E-state index < -0.39 is 5.91 Å².